The van der Waals surface area contributed by atoms with Crippen LogP contribution in [0.25, 0.3) is 0 Å². The number of hydrogen-bond donors (Lipinski definition) is 2. The normalized spacial score (nSPS) is 10.4. The standard InChI is InChI=1S/C13H11ClN2O5/c1-7-10(13(17)18)5-9(21-7)6-15-11-4-8(14)2-3-12(11)16(19)20/h2-5,15H,6H2,1H3,(H,17,18). The van der Waals surface area contributed by atoms with Crippen LogP contribution in [-0.4, -0.2) is 16.0 Å². The average Bonchev–Trinajstić information content (AvgIpc) is 2.77. The summed E-state index contributed by atoms with van der Waals surface area (Å²) in [5.41, 5.74) is 0.173. The summed E-state index contributed by atoms with van der Waals surface area (Å²) in [4.78, 5) is 21.3. The second-order valence-electron chi connectivity index (χ2n) is 4.26. The van der Waals surface area contributed by atoms with Gasteiger partial charge in [-0.1, -0.05) is 11.6 Å². The Labute approximate surface area is 124 Å². The topological polar surface area (TPSA) is 106 Å². The van der Waals surface area contributed by atoms with Crippen LogP contribution in [0, 0.1) is 17.0 Å². The SMILES string of the molecule is Cc1oc(CNc2cc(Cl)ccc2[N+](=O)[O-])cc1C(=O)O. The van der Waals surface area contributed by atoms with E-state index in [-0.39, 0.29) is 29.2 Å². The molecule has 110 valence electrons. The number of carbonyl (C=O) groups is 1. The number of hydrogen-bond acceptors (Lipinski definition) is 5. The first-order valence-corrected chi connectivity index (χ1v) is 6.26. The van der Waals surface area contributed by atoms with Crippen molar-refractivity contribution in [1.29, 1.82) is 0 Å². The van der Waals surface area contributed by atoms with Gasteiger partial charge in [0.2, 0.25) is 0 Å². The largest absolute Gasteiger partial charge is 0.478 e. The summed E-state index contributed by atoms with van der Waals surface area (Å²) < 4.78 is 5.28. The number of nitrogens with zero attached hydrogens (tertiary/aromatic N) is 1. The maximum Gasteiger partial charge on any atom is 0.339 e. The predicted octanol–water partition coefficient (Wildman–Crippen LogP) is 3.46. The lowest BCUT2D eigenvalue weighted by Gasteiger charge is -2.05. The van der Waals surface area contributed by atoms with Gasteiger partial charge in [0.15, 0.2) is 0 Å². The van der Waals surface area contributed by atoms with E-state index >= 15 is 0 Å². The van der Waals surface area contributed by atoms with Gasteiger partial charge in [-0.05, 0) is 25.1 Å². The van der Waals surface area contributed by atoms with Crippen LogP contribution in [0.2, 0.25) is 5.02 Å². The molecule has 1 aromatic heterocycles. The molecule has 0 aliphatic rings. The molecule has 0 radical (unpaired) electrons. The molecule has 1 heterocycles. The molecule has 2 rings (SSSR count). The van der Waals surface area contributed by atoms with Gasteiger partial charge in [0.25, 0.3) is 5.69 Å². The number of nitrogens with one attached hydrogen (secondary N) is 1. The molecule has 8 heteroatoms. The van der Waals surface area contributed by atoms with E-state index in [2.05, 4.69) is 5.32 Å². The smallest absolute Gasteiger partial charge is 0.339 e. The molecular formula is C13H11ClN2O5. The molecular weight excluding hydrogens is 300 g/mol. The number of nitro groups is 1. The molecule has 2 N–H and O–H groups in total. The van der Waals surface area contributed by atoms with E-state index in [0.717, 1.165) is 0 Å². The highest BCUT2D eigenvalue weighted by Gasteiger charge is 2.16. The van der Waals surface area contributed by atoms with Crippen molar-refractivity contribution < 1.29 is 19.2 Å². The minimum atomic E-state index is -1.09. The van der Waals surface area contributed by atoms with Gasteiger partial charge in [0, 0.05) is 11.1 Å². The van der Waals surface area contributed by atoms with Gasteiger partial charge >= 0.3 is 5.97 Å². The third-order valence-corrected chi connectivity index (χ3v) is 3.04. The molecule has 7 nitrogen and oxygen atoms in total. The van der Waals surface area contributed by atoms with Crippen molar-refractivity contribution in [3.63, 3.8) is 0 Å². The molecule has 0 spiro atoms. The Morgan fingerprint density at radius 3 is 2.76 bits per heavy atom. The zero-order valence-electron chi connectivity index (χ0n) is 10.9. The number of aryl methyl sites for hydroxylation is 1. The van der Waals surface area contributed by atoms with Crippen LogP contribution in [0.1, 0.15) is 21.9 Å². The molecule has 0 amide bonds. The van der Waals surface area contributed by atoms with Crippen molar-refractivity contribution in [2.45, 2.75) is 13.5 Å². The van der Waals surface area contributed by atoms with Crippen LogP contribution in [0.3, 0.4) is 0 Å². The molecule has 0 atom stereocenters. The number of carboxylic acid groups (broad SMARTS) is 1. The number of carboxylic acids is 1. The van der Waals surface area contributed by atoms with Crippen LogP contribution in [-0.2, 0) is 6.54 Å². The first kappa shape index (κ1) is 14.9. The maximum absolute atomic E-state index is 10.9. The van der Waals surface area contributed by atoms with Crippen molar-refractivity contribution in [1.82, 2.24) is 0 Å². The van der Waals surface area contributed by atoms with Gasteiger partial charge in [-0.3, -0.25) is 10.1 Å². The monoisotopic (exact) mass is 310 g/mol. The molecule has 2 aromatic rings. The third-order valence-electron chi connectivity index (χ3n) is 2.81. The fraction of sp³-hybridized carbons (Fsp3) is 0.154. The molecule has 0 bridgehead atoms. The first-order valence-electron chi connectivity index (χ1n) is 5.89. The Kier molecular flexibility index (Phi) is 4.13. The summed E-state index contributed by atoms with van der Waals surface area (Å²) in [6.45, 7) is 1.64. The molecule has 0 saturated carbocycles. The van der Waals surface area contributed by atoms with Gasteiger partial charge in [-0.25, -0.2) is 4.79 Å². The summed E-state index contributed by atoms with van der Waals surface area (Å²) in [5.74, 6) is -0.449. The zero-order valence-corrected chi connectivity index (χ0v) is 11.7. The van der Waals surface area contributed by atoms with E-state index in [1.165, 1.54) is 31.2 Å². The van der Waals surface area contributed by atoms with E-state index in [0.29, 0.717) is 10.8 Å². The molecule has 1 aromatic carbocycles. The van der Waals surface area contributed by atoms with Gasteiger partial charge in [-0.15, -0.1) is 0 Å². The van der Waals surface area contributed by atoms with E-state index in [1.807, 2.05) is 0 Å². The highest BCUT2D eigenvalue weighted by molar-refractivity contribution is 6.31. The van der Waals surface area contributed by atoms with Crippen molar-refractivity contribution in [2.24, 2.45) is 0 Å². The molecule has 0 aliphatic heterocycles. The Hall–Kier alpha value is -2.54. The number of aromatic carboxylic acids is 1. The lowest BCUT2D eigenvalue weighted by atomic mass is 10.2. The number of anilines is 1. The number of furan rings is 1. The van der Waals surface area contributed by atoms with Gasteiger partial charge in [0.05, 0.1) is 11.5 Å². The van der Waals surface area contributed by atoms with Crippen LogP contribution >= 0.6 is 11.6 Å². The summed E-state index contributed by atoms with van der Waals surface area (Å²) >= 11 is 5.81. The third kappa shape index (κ3) is 3.32. The highest BCUT2D eigenvalue weighted by Crippen LogP contribution is 2.28. The lowest BCUT2D eigenvalue weighted by Crippen LogP contribution is -2.02. The van der Waals surface area contributed by atoms with Gasteiger partial charge < -0.3 is 14.8 Å². The zero-order chi connectivity index (χ0) is 15.6. The summed E-state index contributed by atoms with van der Waals surface area (Å²) in [7, 11) is 0. The van der Waals surface area contributed by atoms with Crippen molar-refractivity contribution in [3.8, 4) is 0 Å². The number of halogens is 1. The minimum absolute atomic E-state index is 0.0624. The fourth-order valence-electron chi connectivity index (χ4n) is 1.83. The van der Waals surface area contributed by atoms with Crippen LogP contribution < -0.4 is 5.32 Å². The second kappa shape index (κ2) is 5.84. The Morgan fingerprint density at radius 1 is 1.48 bits per heavy atom. The van der Waals surface area contributed by atoms with Crippen molar-refractivity contribution in [2.75, 3.05) is 5.32 Å². The van der Waals surface area contributed by atoms with E-state index in [4.69, 9.17) is 21.1 Å². The lowest BCUT2D eigenvalue weighted by molar-refractivity contribution is -0.384. The van der Waals surface area contributed by atoms with Crippen LogP contribution in [0.15, 0.2) is 28.7 Å². The van der Waals surface area contributed by atoms with Crippen LogP contribution in [0.4, 0.5) is 11.4 Å². The summed E-state index contributed by atoms with van der Waals surface area (Å²) in [6.07, 6.45) is 0. The molecule has 0 unspecified atom stereocenters. The van der Waals surface area contributed by atoms with E-state index in [1.54, 1.807) is 0 Å². The number of rotatable bonds is 5. The van der Waals surface area contributed by atoms with Crippen molar-refractivity contribution >= 4 is 28.9 Å². The minimum Gasteiger partial charge on any atom is -0.478 e. The number of benzene rings is 1. The Bertz CT molecular complexity index is 711. The fourth-order valence-corrected chi connectivity index (χ4v) is 2.01. The maximum atomic E-state index is 10.9. The Morgan fingerprint density at radius 2 is 2.19 bits per heavy atom. The van der Waals surface area contributed by atoms with E-state index < -0.39 is 10.9 Å². The van der Waals surface area contributed by atoms with Crippen molar-refractivity contribution in [3.05, 3.63) is 56.5 Å². The second-order valence-corrected chi connectivity index (χ2v) is 4.70. The van der Waals surface area contributed by atoms with Crippen LogP contribution in [0.5, 0.6) is 0 Å². The predicted molar refractivity (Wildman–Crippen MR) is 75.8 cm³/mol. The van der Waals surface area contributed by atoms with Gasteiger partial charge in [-0.2, -0.15) is 0 Å². The summed E-state index contributed by atoms with van der Waals surface area (Å²) in [5, 5.41) is 23.0. The Balaban J connectivity index is 2.20. The number of nitro benzene ring substituents is 1. The molecule has 21 heavy (non-hydrogen) atoms. The van der Waals surface area contributed by atoms with E-state index in [9.17, 15) is 14.9 Å². The highest BCUT2D eigenvalue weighted by atomic mass is 35.5. The average molecular weight is 311 g/mol. The van der Waals surface area contributed by atoms with Gasteiger partial charge in [0.1, 0.15) is 22.8 Å². The quantitative estimate of drug-likeness (QED) is 0.647. The molecule has 0 saturated heterocycles. The molecule has 0 aliphatic carbocycles. The molecule has 0 fully saturated rings. The first-order chi connectivity index (χ1) is 9.88. The summed E-state index contributed by atoms with van der Waals surface area (Å²) in [6, 6.07) is 5.51.